The zero-order valence-electron chi connectivity index (χ0n) is 19.6. The molecule has 0 bridgehead atoms. The van der Waals surface area contributed by atoms with E-state index in [4.69, 9.17) is 9.97 Å². The minimum atomic E-state index is -0.955. The zero-order valence-corrected chi connectivity index (χ0v) is 19.6. The third-order valence-corrected chi connectivity index (χ3v) is 6.30. The Hall–Kier alpha value is -3.21. The number of carboxylic acid groups (broad SMARTS) is 1. The Labute approximate surface area is 203 Å². The molecule has 1 aromatic heterocycles. The van der Waals surface area contributed by atoms with Gasteiger partial charge in [0.25, 0.3) is 0 Å². The number of aliphatic carboxylic acids is 1. The second-order valence-corrected chi connectivity index (χ2v) is 9.05. The van der Waals surface area contributed by atoms with Gasteiger partial charge >= 0.3 is 0 Å². The molecule has 0 amide bonds. The highest BCUT2D eigenvalue weighted by atomic mass is 16.4. The first-order chi connectivity index (χ1) is 16.0. The summed E-state index contributed by atoms with van der Waals surface area (Å²) in [7, 11) is 0. The van der Waals surface area contributed by atoms with Crippen molar-refractivity contribution in [3.05, 3.63) is 65.4 Å². The van der Waals surface area contributed by atoms with Gasteiger partial charge in [-0.25, -0.2) is 9.97 Å². The number of fused-ring (bicyclic) bond motifs is 1. The van der Waals surface area contributed by atoms with E-state index in [2.05, 4.69) is 67.3 Å². The van der Waals surface area contributed by atoms with Crippen LogP contribution in [0, 0.1) is 13.8 Å². The van der Waals surface area contributed by atoms with E-state index in [0.717, 1.165) is 79.2 Å². The minimum absolute atomic E-state index is 0. The maximum atomic E-state index is 10.6. The van der Waals surface area contributed by atoms with E-state index in [9.17, 15) is 9.90 Å². The first-order valence-electron chi connectivity index (χ1n) is 12.0. The van der Waals surface area contributed by atoms with Gasteiger partial charge in [-0.1, -0.05) is 79.9 Å². The number of rotatable bonds is 9. The lowest BCUT2D eigenvalue weighted by Crippen LogP contribution is -2.32. The van der Waals surface area contributed by atoms with Crippen molar-refractivity contribution in [2.24, 2.45) is 0 Å². The number of carboxylic acids is 1. The topological polar surface area (TPSA) is 69.2 Å². The average Bonchev–Trinajstić information content (AvgIpc) is 2.81. The molecule has 3 aromatic rings. The Kier molecular flexibility index (Phi) is 8.80. The van der Waals surface area contributed by atoms with Crippen molar-refractivity contribution in [1.29, 1.82) is 0 Å². The van der Waals surface area contributed by atoms with Crippen LogP contribution in [0.5, 0.6) is 0 Å². The van der Waals surface area contributed by atoms with Crippen molar-refractivity contribution < 1.29 is 9.90 Å². The van der Waals surface area contributed by atoms with E-state index in [0.29, 0.717) is 6.42 Å². The molecular formula is C29H36N3O2-. The second kappa shape index (κ2) is 11.8. The fourth-order valence-corrected chi connectivity index (χ4v) is 4.39. The number of nitrogens with zero attached hydrogens (tertiary/aromatic N) is 3. The molecule has 34 heavy (non-hydrogen) atoms. The maximum absolute atomic E-state index is 10.6. The van der Waals surface area contributed by atoms with Gasteiger partial charge in [0.1, 0.15) is 0 Å². The van der Waals surface area contributed by atoms with Crippen LogP contribution in [0.4, 0.5) is 5.82 Å². The third-order valence-electron chi connectivity index (χ3n) is 6.30. The van der Waals surface area contributed by atoms with E-state index >= 15 is 0 Å². The molecule has 0 N–H and O–H groups in total. The molecule has 0 unspecified atom stereocenters. The summed E-state index contributed by atoms with van der Waals surface area (Å²) in [6.07, 6.45) is 5.81. The third kappa shape index (κ3) is 6.22. The molecule has 0 saturated carbocycles. The Morgan fingerprint density at radius 1 is 0.853 bits per heavy atom. The minimum Gasteiger partial charge on any atom is -0.550 e. The van der Waals surface area contributed by atoms with Crippen molar-refractivity contribution in [2.75, 3.05) is 18.0 Å². The first-order valence-corrected chi connectivity index (χ1v) is 12.0. The van der Waals surface area contributed by atoms with Crippen molar-refractivity contribution >= 4 is 11.8 Å². The number of carbonyl (C=O) groups excluding carboxylic acids is 1. The van der Waals surface area contributed by atoms with Gasteiger partial charge in [0.2, 0.25) is 0 Å². The van der Waals surface area contributed by atoms with Gasteiger partial charge in [0.15, 0.2) is 5.82 Å². The normalized spacial score (nSPS) is 12.7. The highest BCUT2D eigenvalue weighted by Gasteiger charge is 2.23. The zero-order chi connectivity index (χ0) is 23.2. The number of anilines is 1. The van der Waals surface area contributed by atoms with Crippen LogP contribution in [0.1, 0.15) is 62.8 Å². The summed E-state index contributed by atoms with van der Waals surface area (Å²) in [5.74, 6) is 0.0469. The number of carbonyl (C=O) groups is 1. The lowest BCUT2D eigenvalue weighted by atomic mass is 10.0. The van der Waals surface area contributed by atoms with Gasteiger partial charge in [0.05, 0.1) is 17.1 Å². The molecule has 0 radical (unpaired) electrons. The van der Waals surface area contributed by atoms with Crippen molar-refractivity contribution in [2.45, 2.75) is 66.2 Å². The molecule has 0 fully saturated rings. The van der Waals surface area contributed by atoms with E-state index in [-0.39, 0.29) is 13.8 Å². The fraction of sp³-hybridized carbons (Fsp3) is 0.414. The highest BCUT2D eigenvalue weighted by Crippen LogP contribution is 2.35. The van der Waals surface area contributed by atoms with E-state index in [1.54, 1.807) is 0 Å². The lowest BCUT2D eigenvalue weighted by Gasteiger charge is -2.30. The summed E-state index contributed by atoms with van der Waals surface area (Å²) < 4.78 is 0. The molecule has 2 aromatic carbocycles. The van der Waals surface area contributed by atoms with Crippen LogP contribution in [-0.4, -0.2) is 29.0 Å². The number of benzene rings is 2. The van der Waals surface area contributed by atoms with Crippen LogP contribution in [0.15, 0.2) is 48.5 Å². The van der Waals surface area contributed by atoms with Crippen LogP contribution < -0.4 is 10.0 Å². The fourth-order valence-electron chi connectivity index (χ4n) is 4.39. The Morgan fingerprint density at radius 2 is 1.41 bits per heavy atom. The monoisotopic (exact) mass is 458 g/mol. The summed E-state index contributed by atoms with van der Waals surface area (Å²) in [5.41, 5.74) is 7.58. The number of hydrogen-bond donors (Lipinski definition) is 0. The van der Waals surface area contributed by atoms with E-state index in [1.165, 1.54) is 11.1 Å². The molecule has 0 spiro atoms. The summed E-state index contributed by atoms with van der Waals surface area (Å²) >= 11 is 0. The van der Waals surface area contributed by atoms with Gasteiger partial charge in [-0.05, 0) is 46.0 Å². The molecule has 0 saturated heterocycles. The lowest BCUT2D eigenvalue weighted by molar-refractivity contribution is -0.305. The summed E-state index contributed by atoms with van der Waals surface area (Å²) in [4.78, 5) is 23.3. The molecule has 2 heterocycles. The number of unbranched alkanes of at least 4 members (excludes halogenated alkanes) is 3. The number of aromatic nitrogens is 2. The van der Waals surface area contributed by atoms with Crippen LogP contribution in [0.25, 0.3) is 22.5 Å². The smallest absolute Gasteiger partial charge is 0.151 e. The second-order valence-electron chi connectivity index (χ2n) is 9.05. The molecule has 5 heteroatoms. The first kappa shape index (κ1) is 25.4. The molecule has 5 nitrogen and oxygen atoms in total. The summed E-state index contributed by atoms with van der Waals surface area (Å²) in [6.45, 7) is 6.10. The highest BCUT2D eigenvalue weighted by molar-refractivity contribution is 5.79. The number of hydrogen-bond acceptors (Lipinski definition) is 5. The Morgan fingerprint density at radius 3 is 2.00 bits per heavy atom. The maximum Gasteiger partial charge on any atom is 0.151 e. The largest absolute Gasteiger partial charge is 0.550 e. The molecule has 0 aliphatic carbocycles. The van der Waals surface area contributed by atoms with Gasteiger partial charge in [0, 0.05) is 30.2 Å². The standard InChI is InChI=1S/C28H33N3O2.CH4/c1-20-10-14-22(15-11-20)26-27(23-16-12-21(2)13-17-23)30-28-24(29-26)8-7-19-31(28)18-6-4-3-5-9-25(32)33;/h10-17H,3-9,18-19H2,1-2H3,(H,32,33);1H4/p-1. The van der Waals surface area contributed by atoms with Crippen LogP contribution in [0.2, 0.25) is 0 Å². The predicted molar refractivity (Wildman–Crippen MR) is 138 cm³/mol. The Bertz CT molecular complexity index is 1090. The van der Waals surface area contributed by atoms with E-state index < -0.39 is 5.97 Å². The average molecular weight is 459 g/mol. The SMILES string of the molecule is C.Cc1ccc(-c2nc3c(nc2-c2ccc(C)cc2)N(CCCCCCC(=O)[O-])CCC3)cc1. The van der Waals surface area contributed by atoms with Gasteiger partial charge in [-0.2, -0.15) is 0 Å². The molecule has 1 aliphatic rings. The van der Waals surface area contributed by atoms with Gasteiger partial charge in [-0.3, -0.25) is 0 Å². The van der Waals surface area contributed by atoms with Crippen molar-refractivity contribution in [3.8, 4) is 22.5 Å². The molecule has 180 valence electrons. The summed E-state index contributed by atoms with van der Waals surface area (Å²) in [5, 5.41) is 10.6. The molecular weight excluding hydrogens is 422 g/mol. The van der Waals surface area contributed by atoms with Crippen LogP contribution >= 0.6 is 0 Å². The molecule has 4 rings (SSSR count). The quantitative estimate of drug-likeness (QED) is 0.395. The van der Waals surface area contributed by atoms with Gasteiger partial charge in [-0.15, -0.1) is 0 Å². The van der Waals surface area contributed by atoms with Crippen LogP contribution in [-0.2, 0) is 11.2 Å². The van der Waals surface area contributed by atoms with Crippen LogP contribution in [0.3, 0.4) is 0 Å². The molecule has 1 aliphatic heterocycles. The Balaban J connectivity index is 0.00000324. The molecule has 0 atom stereocenters. The van der Waals surface area contributed by atoms with Gasteiger partial charge < -0.3 is 14.8 Å². The number of aryl methyl sites for hydroxylation is 3. The van der Waals surface area contributed by atoms with Crippen molar-refractivity contribution in [3.63, 3.8) is 0 Å². The van der Waals surface area contributed by atoms with Crippen molar-refractivity contribution in [1.82, 2.24) is 9.97 Å². The summed E-state index contributed by atoms with van der Waals surface area (Å²) in [6, 6.07) is 17.0. The van der Waals surface area contributed by atoms with E-state index in [1.807, 2.05) is 0 Å². The predicted octanol–water partition coefficient (Wildman–Crippen LogP) is 5.52.